The molecule has 0 atom stereocenters. The molecule has 0 radical (unpaired) electrons. The van der Waals surface area contributed by atoms with Crippen molar-refractivity contribution in [1.82, 2.24) is 4.72 Å². The van der Waals surface area contributed by atoms with Crippen molar-refractivity contribution in [3.63, 3.8) is 0 Å². The predicted octanol–water partition coefficient (Wildman–Crippen LogP) is 3.36. The Morgan fingerprint density at radius 3 is 1.97 bits per heavy atom. The molecule has 0 aliphatic carbocycles. The second-order valence-electron chi connectivity index (χ2n) is 8.48. The lowest BCUT2D eigenvalue weighted by Gasteiger charge is -2.21. The minimum absolute atomic E-state index is 0.0804. The molecule has 0 bridgehead atoms. The maximum Gasteiger partial charge on any atom is 0.333 e. The van der Waals surface area contributed by atoms with Gasteiger partial charge in [-0.15, -0.1) is 0 Å². The average molecular weight is 452 g/mol. The molecule has 1 aromatic carbocycles. The van der Waals surface area contributed by atoms with E-state index in [0.29, 0.717) is 22.4 Å². The Morgan fingerprint density at radius 2 is 1.58 bits per heavy atom. The van der Waals surface area contributed by atoms with Gasteiger partial charge < -0.3 is 20.6 Å². The molecule has 0 unspecified atom stereocenters. The number of amides is 3. The molecule has 0 aliphatic rings. The van der Waals surface area contributed by atoms with E-state index in [4.69, 9.17) is 10.2 Å². The maximum atomic E-state index is 12.6. The van der Waals surface area contributed by atoms with Gasteiger partial charge in [-0.1, -0.05) is 27.7 Å². The van der Waals surface area contributed by atoms with Crippen molar-refractivity contribution in [3.05, 3.63) is 46.7 Å². The fraction of sp³-hybridized carbons (Fsp3) is 0.429. The molecule has 31 heavy (non-hydrogen) atoms. The Kier molecular flexibility index (Phi) is 6.87. The molecular formula is C21H29N3O6S. The van der Waals surface area contributed by atoms with Gasteiger partial charge in [-0.3, -0.25) is 4.79 Å². The number of carbonyl (C=O) groups excluding carboxylic acids is 2. The Hall–Kier alpha value is -2.85. The van der Waals surface area contributed by atoms with Crippen molar-refractivity contribution < 1.29 is 27.5 Å². The molecule has 3 amide bonds. The Labute approximate surface area is 182 Å². The monoisotopic (exact) mass is 451 g/mol. The topological polar surface area (TPSA) is 152 Å². The van der Waals surface area contributed by atoms with Crippen molar-refractivity contribution in [1.29, 1.82) is 0 Å². The van der Waals surface area contributed by atoms with Crippen molar-refractivity contribution in [2.24, 2.45) is 5.73 Å². The van der Waals surface area contributed by atoms with Gasteiger partial charge in [0.1, 0.15) is 0 Å². The molecule has 5 N–H and O–H groups in total. The maximum absolute atomic E-state index is 12.6. The summed E-state index contributed by atoms with van der Waals surface area (Å²) in [6.45, 7) is 10.5. The molecule has 170 valence electrons. The fourth-order valence-corrected chi connectivity index (χ4v) is 3.83. The number of primary amides is 1. The van der Waals surface area contributed by atoms with E-state index < -0.39 is 32.7 Å². The lowest BCUT2D eigenvalue weighted by Crippen LogP contribution is -2.35. The number of nitrogens with one attached hydrogen (secondary N) is 2. The van der Waals surface area contributed by atoms with Crippen molar-refractivity contribution in [2.75, 3.05) is 5.32 Å². The van der Waals surface area contributed by atoms with E-state index >= 15 is 0 Å². The molecule has 2 aromatic rings. The molecule has 9 nitrogen and oxygen atoms in total. The van der Waals surface area contributed by atoms with Crippen LogP contribution in [0.1, 0.15) is 80.4 Å². The van der Waals surface area contributed by atoms with E-state index in [1.54, 1.807) is 12.1 Å². The van der Waals surface area contributed by atoms with E-state index in [9.17, 15) is 23.1 Å². The SMILES string of the molecule is CC(C)c1cc(C(N)=O)cc(C(C)C)c1NC(=O)NS(=O)(=O)c1cc(C(C)(C)O)co1. The Balaban J connectivity index is 2.38. The highest BCUT2D eigenvalue weighted by Crippen LogP contribution is 2.34. The second kappa shape index (κ2) is 8.72. The van der Waals surface area contributed by atoms with E-state index in [0.717, 1.165) is 12.3 Å². The van der Waals surface area contributed by atoms with Gasteiger partial charge in [0.2, 0.25) is 11.0 Å². The second-order valence-corrected chi connectivity index (χ2v) is 10.1. The zero-order valence-electron chi connectivity index (χ0n) is 18.4. The summed E-state index contributed by atoms with van der Waals surface area (Å²) in [6, 6.07) is 3.34. The number of urea groups is 1. The summed E-state index contributed by atoms with van der Waals surface area (Å²) >= 11 is 0. The Morgan fingerprint density at radius 1 is 1.06 bits per heavy atom. The van der Waals surface area contributed by atoms with E-state index in [2.05, 4.69) is 5.32 Å². The predicted molar refractivity (Wildman–Crippen MR) is 116 cm³/mol. The quantitative estimate of drug-likeness (QED) is 0.506. The van der Waals surface area contributed by atoms with Gasteiger partial charge in [-0.05, 0) is 48.9 Å². The summed E-state index contributed by atoms with van der Waals surface area (Å²) in [6.07, 6.45) is 1.11. The number of aliphatic hydroxyl groups is 1. The van der Waals surface area contributed by atoms with Crippen molar-refractivity contribution in [3.8, 4) is 0 Å². The van der Waals surface area contributed by atoms with Crippen LogP contribution in [0.5, 0.6) is 0 Å². The van der Waals surface area contributed by atoms with Crippen LogP contribution < -0.4 is 15.8 Å². The van der Waals surface area contributed by atoms with Crippen LogP contribution >= 0.6 is 0 Å². The highest BCUT2D eigenvalue weighted by Gasteiger charge is 2.27. The molecule has 1 aromatic heterocycles. The normalized spacial score (nSPS) is 12.3. The van der Waals surface area contributed by atoms with Crippen LogP contribution in [0, 0.1) is 0 Å². The van der Waals surface area contributed by atoms with E-state index in [1.165, 1.54) is 13.8 Å². The van der Waals surface area contributed by atoms with Gasteiger partial charge in [-0.25, -0.2) is 9.52 Å². The zero-order chi connectivity index (χ0) is 23.7. The number of nitrogens with two attached hydrogens (primary N) is 1. The summed E-state index contributed by atoms with van der Waals surface area (Å²) in [4.78, 5) is 24.3. The third-order valence-corrected chi connectivity index (χ3v) is 5.94. The number of anilines is 1. The van der Waals surface area contributed by atoms with Crippen LogP contribution in [0.2, 0.25) is 0 Å². The number of rotatable bonds is 7. The van der Waals surface area contributed by atoms with Gasteiger partial charge in [0.25, 0.3) is 10.0 Å². The van der Waals surface area contributed by atoms with Gasteiger partial charge in [0.05, 0.1) is 11.9 Å². The van der Waals surface area contributed by atoms with E-state index in [-0.39, 0.29) is 17.4 Å². The summed E-state index contributed by atoms with van der Waals surface area (Å²) in [7, 11) is -4.32. The van der Waals surface area contributed by atoms with Gasteiger partial charge in [-0.2, -0.15) is 8.42 Å². The highest BCUT2D eigenvalue weighted by atomic mass is 32.2. The molecule has 0 fully saturated rings. The zero-order valence-corrected chi connectivity index (χ0v) is 19.3. The third-order valence-electron chi connectivity index (χ3n) is 4.74. The summed E-state index contributed by atoms with van der Waals surface area (Å²) < 4.78 is 32.0. The molecule has 0 aliphatic heterocycles. The molecule has 0 saturated carbocycles. The molecular weight excluding hydrogens is 422 g/mol. The first kappa shape index (κ1) is 24.4. The summed E-state index contributed by atoms with van der Waals surface area (Å²) in [5.74, 6) is -0.756. The first-order valence-electron chi connectivity index (χ1n) is 9.76. The van der Waals surface area contributed by atoms with Crippen LogP contribution in [0.4, 0.5) is 10.5 Å². The van der Waals surface area contributed by atoms with Crippen LogP contribution in [0.15, 0.2) is 34.0 Å². The van der Waals surface area contributed by atoms with Gasteiger partial charge in [0.15, 0.2) is 0 Å². The Bertz CT molecular complexity index is 1070. The van der Waals surface area contributed by atoms with Crippen LogP contribution in [0.3, 0.4) is 0 Å². The lowest BCUT2D eigenvalue weighted by atomic mass is 9.90. The minimum Gasteiger partial charge on any atom is -0.451 e. The largest absolute Gasteiger partial charge is 0.451 e. The fourth-order valence-electron chi connectivity index (χ4n) is 2.97. The molecule has 0 spiro atoms. The minimum atomic E-state index is -4.32. The standard InChI is InChI=1S/C21H29N3O6S/c1-11(2)15-7-13(19(22)25)8-16(12(3)4)18(15)23-20(26)24-31(28,29)17-9-14(10-30-17)21(5,6)27/h7-12,27H,1-6H3,(H2,22,25)(H2,23,24,26). The third kappa shape index (κ3) is 5.65. The molecule has 0 saturated heterocycles. The number of hydrogen-bond acceptors (Lipinski definition) is 6. The van der Waals surface area contributed by atoms with Crippen molar-refractivity contribution >= 4 is 27.6 Å². The highest BCUT2D eigenvalue weighted by molar-refractivity contribution is 7.89. The van der Waals surface area contributed by atoms with Crippen LogP contribution in [-0.4, -0.2) is 25.5 Å². The number of benzene rings is 1. The molecule has 1 heterocycles. The van der Waals surface area contributed by atoms with Gasteiger partial charge in [0, 0.05) is 22.9 Å². The van der Waals surface area contributed by atoms with Crippen molar-refractivity contribution in [2.45, 2.75) is 64.1 Å². The molecule has 2 rings (SSSR count). The average Bonchev–Trinajstić information content (AvgIpc) is 3.12. The van der Waals surface area contributed by atoms with Gasteiger partial charge >= 0.3 is 6.03 Å². The number of sulfonamides is 1. The first-order chi connectivity index (χ1) is 14.1. The first-order valence-corrected chi connectivity index (χ1v) is 11.2. The summed E-state index contributed by atoms with van der Waals surface area (Å²) in [5.41, 5.74) is 6.40. The van der Waals surface area contributed by atoms with Crippen LogP contribution in [-0.2, 0) is 15.6 Å². The summed E-state index contributed by atoms with van der Waals surface area (Å²) in [5, 5.41) is 12.1. The van der Waals surface area contributed by atoms with E-state index in [1.807, 2.05) is 32.4 Å². The number of hydrogen-bond donors (Lipinski definition) is 4. The lowest BCUT2D eigenvalue weighted by molar-refractivity contribution is 0.0779. The van der Waals surface area contributed by atoms with Crippen LogP contribution in [0.25, 0.3) is 0 Å². The number of furan rings is 1. The number of carbonyl (C=O) groups is 2. The molecule has 10 heteroatoms. The smallest absolute Gasteiger partial charge is 0.333 e.